The first-order chi connectivity index (χ1) is 12.9. The summed E-state index contributed by atoms with van der Waals surface area (Å²) in [5, 5.41) is 16.6. The average molecular weight is 402 g/mol. The summed E-state index contributed by atoms with van der Waals surface area (Å²) in [5.41, 5.74) is 2.23. The molecule has 0 atom stereocenters. The van der Waals surface area contributed by atoms with E-state index in [1.54, 1.807) is 23.5 Å². The van der Waals surface area contributed by atoms with Crippen LogP contribution < -0.4 is 10.6 Å². The fourth-order valence-electron chi connectivity index (χ4n) is 2.42. The van der Waals surface area contributed by atoms with Crippen molar-refractivity contribution in [3.8, 4) is 10.7 Å². The predicted octanol–water partition coefficient (Wildman–Crippen LogP) is 3.54. The fraction of sp³-hybridized carbons (Fsp3) is 0.222. The quantitative estimate of drug-likeness (QED) is 0.617. The number of rotatable bonds is 6. The number of thiophene rings is 1. The normalized spacial score (nSPS) is 10.6. The van der Waals surface area contributed by atoms with Crippen LogP contribution in [0, 0.1) is 6.92 Å². The van der Waals surface area contributed by atoms with E-state index in [1.807, 2.05) is 42.1 Å². The third kappa shape index (κ3) is 4.75. The van der Waals surface area contributed by atoms with Crippen LogP contribution in [0.25, 0.3) is 10.7 Å². The van der Waals surface area contributed by atoms with Gasteiger partial charge in [-0.3, -0.25) is 9.59 Å². The minimum atomic E-state index is -0.157. The summed E-state index contributed by atoms with van der Waals surface area (Å²) in [7, 11) is 1.89. The lowest BCUT2D eigenvalue weighted by molar-refractivity contribution is -0.114. The molecule has 0 saturated carbocycles. The van der Waals surface area contributed by atoms with Gasteiger partial charge in [-0.05, 0) is 36.1 Å². The maximum atomic E-state index is 12.3. The Hall–Kier alpha value is -2.65. The van der Waals surface area contributed by atoms with Crippen LogP contribution in [0.2, 0.25) is 0 Å². The largest absolute Gasteiger partial charge is 0.326 e. The molecule has 0 aliphatic carbocycles. The number of carbonyl (C=O) groups excluding carboxylic acids is 2. The number of benzene rings is 1. The van der Waals surface area contributed by atoms with Crippen LogP contribution in [-0.2, 0) is 16.6 Å². The lowest BCUT2D eigenvalue weighted by Gasteiger charge is -2.11. The van der Waals surface area contributed by atoms with Gasteiger partial charge < -0.3 is 15.2 Å². The number of hydrogen-bond donors (Lipinski definition) is 2. The summed E-state index contributed by atoms with van der Waals surface area (Å²) in [6, 6.07) is 9.35. The minimum absolute atomic E-state index is 0.149. The molecule has 2 N–H and O–H groups in total. The van der Waals surface area contributed by atoms with E-state index in [4.69, 9.17) is 0 Å². The van der Waals surface area contributed by atoms with Gasteiger partial charge >= 0.3 is 0 Å². The van der Waals surface area contributed by atoms with E-state index in [-0.39, 0.29) is 17.6 Å². The van der Waals surface area contributed by atoms with Gasteiger partial charge in [-0.2, -0.15) is 0 Å². The number of hydrogen-bond acceptors (Lipinski definition) is 6. The summed E-state index contributed by atoms with van der Waals surface area (Å²) < 4.78 is 1.88. The first-order valence-corrected chi connectivity index (χ1v) is 10.0. The molecule has 0 aliphatic heterocycles. The first-order valence-electron chi connectivity index (χ1n) is 8.18. The van der Waals surface area contributed by atoms with Crippen LogP contribution in [0.15, 0.2) is 40.9 Å². The van der Waals surface area contributed by atoms with Crippen molar-refractivity contribution in [3.05, 3.63) is 41.3 Å². The summed E-state index contributed by atoms with van der Waals surface area (Å²) in [6.45, 7) is 3.34. The molecule has 7 nitrogen and oxygen atoms in total. The lowest BCUT2D eigenvalue weighted by atomic mass is 10.2. The Kier molecular flexibility index (Phi) is 5.92. The number of nitrogens with zero attached hydrogens (tertiary/aromatic N) is 3. The molecule has 2 aromatic heterocycles. The van der Waals surface area contributed by atoms with Crippen molar-refractivity contribution in [2.75, 3.05) is 16.4 Å². The Balaban J connectivity index is 1.63. The van der Waals surface area contributed by atoms with Gasteiger partial charge in [0.1, 0.15) is 0 Å². The van der Waals surface area contributed by atoms with E-state index in [2.05, 4.69) is 20.8 Å². The van der Waals surface area contributed by atoms with E-state index >= 15 is 0 Å². The number of nitrogens with one attached hydrogen (secondary N) is 2. The maximum absolute atomic E-state index is 12.3. The molecule has 0 radical (unpaired) electrons. The highest BCUT2D eigenvalue weighted by atomic mass is 32.2. The van der Waals surface area contributed by atoms with Crippen molar-refractivity contribution in [2.24, 2.45) is 7.05 Å². The Labute approximate surface area is 165 Å². The molecule has 0 spiro atoms. The first kappa shape index (κ1) is 19.1. The molecule has 3 rings (SSSR count). The van der Waals surface area contributed by atoms with Crippen molar-refractivity contribution in [1.29, 1.82) is 0 Å². The Morgan fingerprint density at radius 1 is 1.22 bits per heavy atom. The van der Waals surface area contributed by atoms with Crippen LogP contribution in [-0.4, -0.2) is 32.3 Å². The monoisotopic (exact) mass is 401 g/mol. The lowest BCUT2D eigenvalue weighted by Crippen LogP contribution is -2.16. The SMILES string of the molecule is CC(=O)Nc1ccc(C)c(NC(=O)CSc2nnc(-c3cccs3)n2C)c1. The molecule has 0 unspecified atom stereocenters. The molecule has 1 aromatic carbocycles. The highest BCUT2D eigenvalue weighted by Gasteiger charge is 2.14. The van der Waals surface area contributed by atoms with Crippen molar-refractivity contribution in [1.82, 2.24) is 14.8 Å². The zero-order chi connectivity index (χ0) is 19.4. The van der Waals surface area contributed by atoms with Gasteiger partial charge in [0.05, 0.1) is 10.6 Å². The number of carbonyl (C=O) groups is 2. The third-order valence-electron chi connectivity index (χ3n) is 3.74. The van der Waals surface area contributed by atoms with E-state index in [1.165, 1.54) is 18.7 Å². The van der Waals surface area contributed by atoms with Crippen LogP contribution >= 0.6 is 23.1 Å². The number of aryl methyl sites for hydroxylation is 1. The number of amides is 2. The van der Waals surface area contributed by atoms with Crippen molar-refractivity contribution in [3.63, 3.8) is 0 Å². The van der Waals surface area contributed by atoms with E-state index < -0.39 is 0 Å². The smallest absolute Gasteiger partial charge is 0.234 e. The molecule has 3 aromatic rings. The Morgan fingerprint density at radius 2 is 2.04 bits per heavy atom. The van der Waals surface area contributed by atoms with Gasteiger partial charge in [-0.15, -0.1) is 21.5 Å². The zero-order valence-electron chi connectivity index (χ0n) is 15.1. The minimum Gasteiger partial charge on any atom is -0.326 e. The van der Waals surface area contributed by atoms with E-state index in [0.717, 1.165) is 16.3 Å². The molecular formula is C18H19N5O2S2. The molecule has 9 heteroatoms. The maximum Gasteiger partial charge on any atom is 0.234 e. The second kappa shape index (κ2) is 8.36. The molecule has 0 fully saturated rings. The van der Waals surface area contributed by atoms with Gasteiger partial charge in [0.2, 0.25) is 11.8 Å². The number of aromatic nitrogens is 3. The van der Waals surface area contributed by atoms with E-state index in [9.17, 15) is 9.59 Å². The summed E-state index contributed by atoms with van der Waals surface area (Å²) >= 11 is 2.92. The van der Waals surface area contributed by atoms with E-state index in [0.29, 0.717) is 16.5 Å². The summed E-state index contributed by atoms with van der Waals surface area (Å²) in [6.07, 6.45) is 0. The third-order valence-corrected chi connectivity index (χ3v) is 5.63. The van der Waals surface area contributed by atoms with Crippen LogP contribution in [0.3, 0.4) is 0 Å². The standard InChI is InChI=1S/C18H19N5O2S2/c1-11-6-7-13(19-12(2)24)9-14(11)20-16(25)10-27-18-22-21-17(23(18)3)15-5-4-8-26-15/h4-9H,10H2,1-3H3,(H,19,24)(H,20,25). The van der Waals surface area contributed by atoms with Crippen LogP contribution in [0.4, 0.5) is 11.4 Å². The second-order valence-corrected chi connectivity index (χ2v) is 7.78. The van der Waals surface area contributed by atoms with Gasteiger partial charge in [0.25, 0.3) is 0 Å². The van der Waals surface area contributed by atoms with Gasteiger partial charge in [0.15, 0.2) is 11.0 Å². The Bertz CT molecular complexity index is 966. The van der Waals surface area contributed by atoms with Crippen LogP contribution in [0.1, 0.15) is 12.5 Å². The zero-order valence-corrected chi connectivity index (χ0v) is 16.8. The highest BCUT2D eigenvalue weighted by Crippen LogP contribution is 2.26. The van der Waals surface area contributed by atoms with Gasteiger partial charge in [-0.1, -0.05) is 23.9 Å². The van der Waals surface area contributed by atoms with Gasteiger partial charge in [0, 0.05) is 25.3 Å². The van der Waals surface area contributed by atoms with Crippen LogP contribution in [0.5, 0.6) is 0 Å². The Morgan fingerprint density at radius 3 is 2.74 bits per heavy atom. The number of thioether (sulfide) groups is 1. The topological polar surface area (TPSA) is 88.9 Å². The fourth-order valence-corrected chi connectivity index (χ4v) is 3.87. The predicted molar refractivity (Wildman–Crippen MR) is 109 cm³/mol. The molecule has 2 heterocycles. The van der Waals surface area contributed by atoms with Crippen molar-refractivity contribution in [2.45, 2.75) is 19.0 Å². The molecule has 2 amide bonds. The molecule has 27 heavy (non-hydrogen) atoms. The molecule has 140 valence electrons. The van der Waals surface area contributed by atoms with Gasteiger partial charge in [-0.25, -0.2) is 0 Å². The molecular weight excluding hydrogens is 382 g/mol. The molecule has 0 aliphatic rings. The summed E-state index contributed by atoms with van der Waals surface area (Å²) in [5.74, 6) is 0.686. The highest BCUT2D eigenvalue weighted by molar-refractivity contribution is 7.99. The number of anilines is 2. The molecule has 0 saturated heterocycles. The van der Waals surface area contributed by atoms with Crippen molar-refractivity contribution >= 4 is 46.3 Å². The average Bonchev–Trinajstić information content (AvgIpc) is 3.25. The molecule has 0 bridgehead atoms. The summed E-state index contributed by atoms with van der Waals surface area (Å²) in [4.78, 5) is 24.6. The second-order valence-electron chi connectivity index (χ2n) is 5.89. The van der Waals surface area contributed by atoms with Crippen molar-refractivity contribution < 1.29 is 9.59 Å².